The summed E-state index contributed by atoms with van der Waals surface area (Å²) in [6.07, 6.45) is 3.88. The molecule has 2 aromatic rings. The SMILES string of the molecule is O=C(Nc1ccnn1Cc1cccc(Br)c1)N1CCCC1. The summed E-state index contributed by atoms with van der Waals surface area (Å²) in [6.45, 7) is 2.30. The zero-order chi connectivity index (χ0) is 14.7. The van der Waals surface area contributed by atoms with Gasteiger partial charge in [0.25, 0.3) is 0 Å². The van der Waals surface area contributed by atoms with Gasteiger partial charge < -0.3 is 4.90 Å². The maximum Gasteiger partial charge on any atom is 0.322 e. The fourth-order valence-corrected chi connectivity index (χ4v) is 2.93. The molecule has 2 heterocycles. The van der Waals surface area contributed by atoms with Crippen molar-refractivity contribution in [1.82, 2.24) is 14.7 Å². The van der Waals surface area contributed by atoms with Crippen molar-refractivity contribution in [2.24, 2.45) is 0 Å². The summed E-state index contributed by atoms with van der Waals surface area (Å²) in [5.41, 5.74) is 1.13. The first-order valence-electron chi connectivity index (χ1n) is 7.04. The molecule has 5 nitrogen and oxygen atoms in total. The molecule has 1 fully saturated rings. The molecule has 3 rings (SSSR count). The number of nitrogens with one attached hydrogen (secondary N) is 1. The minimum absolute atomic E-state index is 0.0384. The largest absolute Gasteiger partial charge is 0.324 e. The third-order valence-corrected chi connectivity index (χ3v) is 4.06. The van der Waals surface area contributed by atoms with E-state index in [1.165, 1.54) is 0 Å². The highest BCUT2D eigenvalue weighted by molar-refractivity contribution is 9.10. The Hall–Kier alpha value is -1.82. The number of likely N-dealkylation sites (tertiary alicyclic amines) is 1. The highest BCUT2D eigenvalue weighted by Gasteiger charge is 2.18. The van der Waals surface area contributed by atoms with E-state index >= 15 is 0 Å². The quantitative estimate of drug-likeness (QED) is 0.924. The highest BCUT2D eigenvalue weighted by Crippen LogP contribution is 2.16. The summed E-state index contributed by atoms with van der Waals surface area (Å²) < 4.78 is 2.84. The highest BCUT2D eigenvalue weighted by atomic mass is 79.9. The number of rotatable bonds is 3. The number of nitrogens with zero attached hydrogens (tertiary/aromatic N) is 3. The van der Waals surface area contributed by atoms with Crippen molar-refractivity contribution >= 4 is 27.8 Å². The number of carbonyl (C=O) groups is 1. The van der Waals surface area contributed by atoms with Crippen LogP contribution in [0.3, 0.4) is 0 Å². The van der Waals surface area contributed by atoms with Gasteiger partial charge in [0.2, 0.25) is 0 Å². The number of hydrogen-bond donors (Lipinski definition) is 1. The molecular weight excluding hydrogens is 332 g/mol. The van der Waals surface area contributed by atoms with E-state index in [0.29, 0.717) is 6.54 Å². The van der Waals surface area contributed by atoms with Crippen LogP contribution in [0.15, 0.2) is 41.0 Å². The van der Waals surface area contributed by atoms with E-state index in [1.54, 1.807) is 10.9 Å². The Balaban J connectivity index is 1.70. The maximum absolute atomic E-state index is 12.1. The van der Waals surface area contributed by atoms with Crippen LogP contribution >= 0.6 is 15.9 Å². The van der Waals surface area contributed by atoms with Gasteiger partial charge in [-0.05, 0) is 30.5 Å². The summed E-state index contributed by atoms with van der Waals surface area (Å²) in [5, 5.41) is 7.23. The molecule has 110 valence electrons. The second-order valence-electron chi connectivity index (χ2n) is 5.13. The number of aromatic nitrogens is 2. The Morgan fingerprint density at radius 2 is 2.10 bits per heavy atom. The molecule has 1 N–H and O–H groups in total. The van der Waals surface area contributed by atoms with Crippen LogP contribution in [0.25, 0.3) is 0 Å². The number of amides is 2. The van der Waals surface area contributed by atoms with Crippen LogP contribution in [0, 0.1) is 0 Å². The fourth-order valence-electron chi connectivity index (χ4n) is 2.48. The second-order valence-corrected chi connectivity index (χ2v) is 6.04. The van der Waals surface area contributed by atoms with E-state index in [-0.39, 0.29) is 6.03 Å². The van der Waals surface area contributed by atoms with Crippen LogP contribution in [0.4, 0.5) is 10.6 Å². The number of benzene rings is 1. The monoisotopic (exact) mass is 348 g/mol. The second kappa shape index (κ2) is 6.30. The standard InChI is InChI=1S/C15H17BrN4O/c16-13-5-3-4-12(10-13)11-20-14(6-7-17-20)18-15(21)19-8-1-2-9-19/h3-7,10H,1-2,8-9,11H2,(H,18,21). The first-order valence-corrected chi connectivity index (χ1v) is 7.84. The van der Waals surface area contributed by atoms with Crippen LogP contribution in [0.5, 0.6) is 0 Å². The molecule has 1 aromatic heterocycles. The summed E-state index contributed by atoms with van der Waals surface area (Å²) in [5.74, 6) is 0.729. The van der Waals surface area contributed by atoms with Crippen LogP contribution in [-0.4, -0.2) is 33.8 Å². The molecule has 0 aliphatic carbocycles. The van der Waals surface area contributed by atoms with Crippen LogP contribution in [0.1, 0.15) is 18.4 Å². The maximum atomic E-state index is 12.1. The van der Waals surface area contributed by atoms with E-state index < -0.39 is 0 Å². The number of urea groups is 1. The van der Waals surface area contributed by atoms with Crippen LogP contribution in [-0.2, 0) is 6.54 Å². The molecule has 1 aliphatic rings. The van der Waals surface area contributed by atoms with Crippen LogP contribution < -0.4 is 5.32 Å². The number of hydrogen-bond acceptors (Lipinski definition) is 2. The Bertz CT molecular complexity index is 634. The summed E-state index contributed by atoms with van der Waals surface area (Å²) in [6, 6.07) is 9.86. The summed E-state index contributed by atoms with van der Waals surface area (Å²) >= 11 is 3.46. The molecule has 0 radical (unpaired) electrons. The average Bonchev–Trinajstić information content (AvgIpc) is 3.11. The van der Waals surface area contributed by atoms with Gasteiger partial charge in [0.05, 0.1) is 12.7 Å². The van der Waals surface area contributed by atoms with Gasteiger partial charge >= 0.3 is 6.03 Å². The van der Waals surface area contributed by atoms with E-state index in [1.807, 2.05) is 35.2 Å². The molecule has 6 heteroatoms. The Morgan fingerprint density at radius 1 is 1.29 bits per heavy atom. The Kier molecular flexibility index (Phi) is 4.24. The van der Waals surface area contributed by atoms with E-state index in [0.717, 1.165) is 41.8 Å². The topological polar surface area (TPSA) is 50.2 Å². The first-order chi connectivity index (χ1) is 10.2. The van der Waals surface area contributed by atoms with Gasteiger partial charge in [0.1, 0.15) is 5.82 Å². The van der Waals surface area contributed by atoms with Crippen molar-refractivity contribution < 1.29 is 4.79 Å². The summed E-state index contributed by atoms with van der Waals surface area (Å²) in [7, 11) is 0. The predicted molar refractivity (Wildman–Crippen MR) is 85.3 cm³/mol. The third kappa shape index (κ3) is 3.44. The minimum Gasteiger partial charge on any atom is -0.324 e. The molecule has 0 unspecified atom stereocenters. The zero-order valence-electron chi connectivity index (χ0n) is 11.6. The average molecular weight is 349 g/mol. The van der Waals surface area contributed by atoms with E-state index in [9.17, 15) is 4.79 Å². The lowest BCUT2D eigenvalue weighted by molar-refractivity contribution is 0.222. The van der Waals surface area contributed by atoms with Gasteiger partial charge in [-0.2, -0.15) is 5.10 Å². The number of halogens is 1. The molecule has 0 saturated carbocycles. The van der Waals surface area contributed by atoms with E-state index in [4.69, 9.17) is 0 Å². The van der Waals surface area contributed by atoms with E-state index in [2.05, 4.69) is 26.3 Å². The predicted octanol–water partition coefficient (Wildman–Crippen LogP) is 3.32. The lowest BCUT2D eigenvalue weighted by Crippen LogP contribution is -2.32. The van der Waals surface area contributed by atoms with Gasteiger partial charge in [-0.1, -0.05) is 28.1 Å². The van der Waals surface area contributed by atoms with Crippen LogP contribution in [0.2, 0.25) is 0 Å². The number of carbonyl (C=O) groups excluding carboxylic acids is 1. The van der Waals surface area contributed by atoms with Gasteiger partial charge in [-0.15, -0.1) is 0 Å². The molecular formula is C15H17BrN4O. The Morgan fingerprint density at radius 3 is 2.86 bits per heavy atom. The van der Waals surface area contributed by atoms with Crippen molar-refractivity contribution in [3.05, 3.63) is 46.6 Å². The Labute approximate surface area is 132 Å². The molecule has 1 aromatic carbocycles. The fraction of sp³-hybridized carbons (Fsp3) is 0.333. The van der Waals surface area contributed by atoms with Gasteiger partial charge in [-0.3, -0.25) is 5.32 Å². The number of anilines is 1. The molecule has 0 atom stereocenters. The molecule has 0 bridgehead atoms. The van der Waals surface area contributed by atoms with Gasteiger partial charge in [-0.25, -0.2) is 9.48 Å². The molecule has 21 heavy (non-hydrogen) atoms. The third-order valence-electron chi connectivity index (χ3n) is 3.57. The normalized spacial score (nSPS) is 14.4. The van der Waals surface area contributed by atoms with Gasteiger partial charge in [0.15, 0.2) is 0 Å². The van der Waals surface area contributed by atoms with Crippen molar-refractivity contribution in [2.75, 3.05) is 18.4 Å². The molecule has 2 amide bonds. The lowest BCUT2D eigenvalue weighted by atomic mass is 10.2. The zero-order valence-corrected chi connectivity index (χ0v) is 13.2. The van der Waals surface area contributed by atoms with Crippen molar-refractivity contribution in [3.8, 4) is 0 Å². The smallest absolute Gasteiger partial charge is 0.322 e. The molecule has 0 spiro atoms. The molecule has 1 aliphatic heterocycles. The van der Waals surface area contributed by atoms with Crippen molar-refractivity contribution in [1.29, 1.82) is 0 Å². The first kappa shape index (κ1) is 14.1. The van der Waals surface area contributed by atoms with Crippen molar-refractivity contribution in [2.45, 2.75) is 19.4 Å². The lowest BCUT2D eigenvalue weighted by Gasteiger charge is -2.16. The van der Waals surface area contributed by atoms with Crippen molar-refractivity contribution in [3.63, 3.8) is 0 Å². The summed E-state index contributed by atoms with van der Waals surface area (Å²) in [4.78, 5) is 14.0. The minimum atomic E-state index is -0.0384. The molecule has 1 saturated heterocycles. The van der Waals surface area contributed by atoms with Gasteiger partial charge in [0, 0.05) is 23.6 Å².